The summed E-state index contributed by atoms with van der Waals surface area (Å²) in [4.78, 5) is 11.2. The first-order valence-corrected chi connectivity index (χ1v) is 5.56. The molecule has 0 unspecified atom stereocenters. The molecule has 1 aromatic rings. The number of carbonyl (C=O) groups is 1. The number of ether oxygens (including phenoxy) is 1. The van der Waals surface area contributed by atoms with Crippen molar-refractivity contribution in [3.63, 3.8) is 0 Å². The normalized spacial score (nSPS) is 11.2. The zero-order valence-corrected chi connectivity index (χ0v) is 10.5. The summed E-state index contributed by atoms with van der Waals surface area (Å²) in [6.07, 6.45) is 1.46. The van der Waals surface area contributed by atoms with Crippen molar-refractivity contribution in [1.82, 2.24) is 0 Å². The number of ketones is 1. The molecule has 0 heterocycles. The number of carbonyl (C=O) groups excluding carboxylic acids is 1. The molecule has 0 N–H and O–H groups in total. The molecule has 0 bridgehead atoms. The molecular weight excluding hydrogens is 200 g/mol. The number of rotatable bonds is 5. The van der Waals surface area contributed by atoms with Crippen molar-refractivity contribution in [2.75, 3.05) is 7.11 Å². The molecule has 0 saturated carbocycles. The smallest absolute Gasteiger partial charge is 0.130 e. The lowest BCUT2D eigenvalue weighted by Crippen LogP contribution is -2.18. The van der Waals surface area contributed by atoms with Crippen molar-refractivity contribution in [1.29, 1.82) is 0 Å². The third-order valence-electron chi connectivity index (χ3n) is 2.59. The van der Waals surface area contributed by atoms with Crippen LogP contribution in [0.15, 0.2) is 24.3 Å². The van der Waals surface area contributed by atoms with Gasteiger partial charge >= 0.3 is 0 Å². The molecule has 0 aliphatic heterocycles. The van der Waals surface area contributed by atoms with E-state index in [2.05, 4.69) is 19.9 Å². The molecule has 0 spiro atoms. The predicted molar refractivity (Wildman–Crippen MR) is 65.8 cm³/mol. The van der Waals surface area contributed by atoms with E-state index in [1.807, 2.05) is 18.2 Å². The molecule has 0 aliphatic rings. The molecule has 2 nitrogen and oxygen atoms in total. The Morgan fingerprint density at radius 1 is 1.31 bits per heavy atom. The maximum Gasteiger partial charge on any atom is 0.130 e. The van der Waals surface area contributed by atoms with E-state index in [4.69, 9.17) is 4.74 Å². The average molecular weight is 220 g/mol. The summed E-state index contributed by atoms with van der Waals surface area (Å²) in [5.74, 6) is 1.14. The maximum absolute atomic E-state index is 11.2. The fraction of sp³-hybridized carbons (Fsp3) is 0.500. The number of benzene rings is 1. The molecule has 2 heteroatoms. The molecule has 1 aromatic carbocycles. The largest absolute Gasteiger partial charge is 0.496 e. The van der Waals surface area contributed by atoms with Crippen LogP contribution in [0.25, 0.3) is 0 Å². The quantitative estimate of drug-likeness (QED) is 0.761. The molecule has 88 valence electrons. The topological polar surface area (TPSA) is 26.3 Å². The van der Waals surface area contributed by atoms with Crippen LogP contribution in [0.2, 0.25) is 0 Å². The predicted octanol–water partition coefficient (Wildman–Crippen LogP) is 3.24. The van der Waals surface area contributed by atoms with Gasteiger partial charge in [-0.15, -0.1) is 0 Å². The number of methoxy groups -OCH3 is 1. The van der Waals surface area contributed by atoms with E-state index >= 15 is 0 Å². The maximum atomic E-state index is 11.2. The molecule has 0 radical (unpaired) electrons. The van der Waals surface area contributed by atoms with Gasteiger partial charge in [-0.25, -0.2) is 0 Å². The first-order valence-electron chi connectivity index (χ1n) is 5.56. The summed E-state index contributed by atoms with van der Waals surface area (Å²) in [6, 6.07) is 7.97. The van der Waals surface area contributed by atoms with Crippen LogP contribution in [0.4, 0.5) is 0 Å². The summed E-state index contributed by atoms with van der Waals surface area (Å²) < 4.78 is 5.31. The highest BCUT2D eigenvalue weighted by Crippen LogP contribution is 2.30. The summed E-state index contributed by atoms with van der Waals surface area (Å²) in [5, 5.41) is 0. The van der Waals surface area contributed by atoms with E-state index in [-0.39, 0.29) is 11.2 Å². The van der Waals surface area contributed by atoms with Crippen LogP contribution >= 0.6 is 0 Å². The molecule has 0 atom stereocenters. The summed E-state index contributed by atoms with van der Waals surface area (Å²) >= 11 is 0. The van der Waals surface area contributed by atoms with Crippen LogP contribution in [0.5, 0.6) is 5.75 Å². The first-order chi connectivity index (χ1) is 7.44. The average Bonchev–Trinajstić information content (AvgIpc) is 2.15. The minimum atomic E-state index is -0.0134. The van der Waals surface area contributed by atoms with Gasteiger partial charge in [0.2, 0.25) is 0 Å². The highest BCUT2D eigenvalue weighted by atomic mass is 16.5. The van der Waals surface area contributed by atoms with Crippen LogP contribution in [-0.2, 0) is 11.2 Å². The molecule has 0 amide bonds. The fourth-order valence-corrected chi connectivity index (χ4v) is 2.10. The zero-order chi connectivity index (χ0) is 12.2. The second-order valence-corrected chi connectivity index (χ2v) is 5.03. The summed E-state index contributed by atoms with van der Waals surface area (Å²) in [6.45, 7) is 5.87. The number of para-hydroxylation sites is 1. The Balaban J connectivity index is 2.82. The second kappa shape index (κ2) is 5.15. The Morgan fingerprint density at radius 2 is 1.94 bits per heavy atom. The van der Waals surface area contributed by atoms with Gasteiger partial charge in [0, 0.05) is 6.42 Å². The SMILES string of the molecule is COc1ccccc1CC(C)(C)CC(C)=O. The Hall–Kier alpha value is -1.31. The van der Waals surface area contributed by atoms with Crippen LogP contribution in [0, 0.1) is 5.41 Å². The van der Waals surface area contributed by atoms with Crippen LogP contribution in [0.1, 0.15) is 32.8 Å². The van der Waals surface area contributed by atoms with Gasteiger partial charge in [0.25, 0.3) is 0 Å². The van der Waals surface area contributed by atoms with Gasteiger partial charge in [-0.1, -0.05) is 32.0 Å². The minimum Gasteiger partial charge on any atom is -0.496 e. The van der Waals surface area contributed by atoms with Crippen LogP contribution < -0.4 is 4.74 Å². The molecular formula is C14H20O2. The Labute approximate surface area is 97.6 Å². The van der Waals surface area contributed by atoms with Gasteiger partial charge in [0.05, 0.1) is 7.11 Å². The van der Waals surface area contributed by atoms with Crippen molar-refractivity contribution in [3.8, 4) is 5.75 Å². The van der Waals surface area contributed by atoms with Crippen molar-refractivity contribution in [3.05, 3.63) is 29.8 Å². The van der Waals surface area contributed by atoms with E-state index in [1.165, 1.54) is 0 Å². The van der Waals surface area contributed by atoms with Gasteiger partial charge in [-0.2, -0.15) is 0 Å². The number of hydrogen-bond acceptors (Lipinski definition) is 2. The van der Waals surface area contributed by atoms with E-state index < -0.39 is 0 Å². The Morgan fingerprint density at radius 3 is 2.50 bits per heavy atom. The second-order valence-electron chi connectivity index (χ2n) is 5.03. The van der Waals surface area contributed by atoms with Crippen LogP contribution in [0.3, 0.4) is 0 Å². The van der Waals surface area contributed by atoms with E-state index in [1.54, 1.807) is 14.0 Å². The molecule has 1 rings (SSSR count). The summed E-state index contributed by atoms with van der Waals surface area (Å²) in [5.41, 5.74) is 1.15. The van der Waals surface area contributed by atoms with Crippen molar-refractivity contribution < 1.29 is 9.53 Å². The highest BCUT2D eigenvalue weighted by molar-refractivity contribution is 5.76. The Kier molecular flexibility index (Phi) is 4.11. The standard InChI is InChI=1S/C14H20O2/c1-11(15)9-14(2,3)10-12-7-5-6-8-13(12)16-4/h5-8H,9-10H2,1-4H3. The number of hydrogen-bond donors (Lipinski definition) is 0. The third-order valence-corrected chi connectivity index (χ3v) is 2.59. The molecule has 0 aliphatic carbocycles. The van der Waals surface area contributed by atoms with Gasteiger partial charge in [0.15, 0.2) is 0 Å². The van der Waals surface area contributed by atoms with Gasteiger partial charge in [0.1, 0.15) is 11.5 Å². The number of Topliss-reactive ketones (excluding diaryl/α,β-unsaturated/α-hetero) is 1. The lowest BCUT2D eigenvalue weighted by atomic mass is 9.81. The van der Waals surface area contributed by atoms with Crippen molar-refractivity contribution >= 4 is 5.78 Å². The zero-order valence-electron chi connectivity index (χ0n) is 10.5. The van der Waals surface area contributed by atoms with E-state index in [9.17, 15) is 4.79 Å². The van der Waals surface area contributed by atoms with E-state index in [0.717, 1.165) is 17.7 Å². The van der Waals surface area contributed by atoms with E-state index in [0.29, 0.717) is 6.42 Å². The molecule has 0 fully saturated rings. The molecule has 0 aromatic heterocycles. The third kappa shape index (κ3) is 3.69. The lowest BCUT2D eigenvalue weighted by molar-refractivity contribution is -0.118. The first kappa shape index (κ1) is 12.8. The lowest BCUT2D eigenvalue weighted by Gasteiger charge is -2.24. The van der Waals surface area contributed by atoms with Gasteiger partial charge in [-0.3, -0.25) is 0 Å². The summed E-state index contributed by atoms with van der Waals surface area (Å²) in [7, 11) is 1.68. The van der Waals surface area contributed by atoms with Gasteiger partial charge in [-0.05, 0) is 30.4 Å². The Bertz CT molecular complexity index is 367. The van der Waals surface area contributed by atoms with Gasteiger partial charge < -0.3 is 9.53 Å². The molecule has 16 heavy (non-hydrogen) atoms. The molecule has 0 saturated heterocycles. The fourth-order valence-electron chi connectivity index (χ4n) is 2.10. The minimum absolute atomic E-state index is 0.0134. The highest BCUT2D eigenvalue weighted by Gasteiger charge is 2.22. The van der Waals surface area contributed by atoms with Crippen molar-refractivity contribution in [2.45, 2.75) is 33.6 Å². The van der Waals surface area contributed by atoms with Crippen LogP contribution in [-0.4, -0.2) is 12.9 Å². The monoisotopic (exact) mass is 220 g/mol. The van der Waals surface area contributed by atoms with Crippen molar-refractivity contribution in [2.24, 2.45) is 5.41 Å².